The number of halogens is 1. The van der Waals surface area contributed by atoms with Crippen LogP contribution in [0.1, 0.15) is 41.9 Å². The molecule has 0 spiro atoms. The highest BCUT2D eigenvalue weighted by atomic mass is 19.1. The molecule has 3 rings (SSSR count). The second-order valence-electron chi connectivity index (χ2n) is 7.65. The summed E-state index contributed by atoms with van der Waals surface area (Å²) in [4.78, 5) is 33.6. The normalized spacial score (nSPS) is 17.8. The van der Waals surface area contributed by atoms with Gasteiger partial charge in [0.15, 0.2) is 0 Å². The van der Waals surface area contributed by atoms with E-state index in [1.165, 1.54) is 12.1 Å². The topological polar surface area (TPSA) is 53.5 Å². The van der Waals surface area contributed by atoms with Gasteiger partial charge in [-0.05, 0) is 42.7 Å². The predicted octanol–water partition coefficient (Wildman–Crippen LogP) is 3.43. The summed E-state index contributed by atoms with van der Waals surface area (Å²) in [6.07, 6.45) is 1.86. The molecule has 28 heavy (non-hydrogen) atoms. The molecule has 1 aliphatic heterocycles. The third kappa shape index (κ3) is 4.55. The first-order chi connectivity index (χ1) is 13.3. The van der Waals surface area contributed by atoms with Gasteiger partial charge in [0, 0.05) is 37.9 Å². The van der Waals surface area contributed by atoms with Crippen molar-refractivity contribution in [1.29, 1.82) is 0 Å². The average molecular weight is 383 g/mol. The molecule has 1 atom stereocenters. The van der Waals surface area contributed by atoms with Crippen molar-refractivity contribution < 1.29 is 14.0 Å². The van der Waals surface area contributed by atoms with Crippen LogP contribution < -0.4 is 0 Å². The minimum atomic E-state index is -0.296. The lowest BCUT2D eigenvalue weighted by Gasteiger charge is -2.34. The van der Waals surface area contributed by atoms with Gasteiger partial charge >= 0.3 is 0 Å². The Morgan fingerprint density at radius 2 is 1.93 bits per heavy atom. The number of hydrogen-bond donors (Lipinski definition) is 0. The largest absolute Gasteiger partial charge is 0.336 e. The summed E-state index contributed by atoms with van der Waals surface area (Å²) in [7, 11) is 0. The van der Waals surface area contributed by atoms with E-state index in [2.05, 4.69) is 18.8 Å². The fourth-order valence-corrected chi connectivity index (χ4v) is 3.50. The van der Waals surface area contributed by atoms with Gasteiger partial charge in [-0.25, -0.2) is 4.39 Å². The third-order valence-corrected chi connectivity index (χ3v) is 5.20. The quantitative estimate of drug-likeness (QED) is 0.813. The van der Waals surface area contributed by atoms with Crippen molar-refractivity contribution in [2.75, 3.05) is 13.1 Å². The van der Waals surface area contributed by atoms with E-state index in [1.54, 1.807) is 29.3 Å². The molecule has 0 saturated carbocycles. The predicted molar refractivity (Wildman–Crippen MR) is 105 cm³/mol. The maximum Gasteiger partial charge on any atom is 0.255 e. The number of rotatable bonds is 4. The Bertz CT molecular complexity index is 834. The van der Waals surface area contributed by atoms with Crippen molar-refractivity contribution in [2.45, 2.75) is 39.8 Å². The highest BCUT2D eigenvalue weighted by molar-refractivity contribution is 5.94. The Balaban J connectivity index is 1.82. The molecule has 2 aromatic rings. The van der Waals surface area contributed by atoms with Gasteiger partial charge in [-0.15, -0.1) is 0 Å². The lowest BCUT2D eigenvalue weighted by atomic mass is 10.0. The molecule has 1 aromatic carbocycles. The van der Waals surface area contributed by atoms with E-state index in [4.69, 9.17) is 0 Å². The minimum absolute atomic E-state index is 0.0142. The molecule has 1 fully saturated rings. The van der Waals surface area contributed by atoms with Gasteiger partial charge < -0.3 is 9.80 Å². The molecule has 1 saturated heterocycles. The summed E-state index contributed by atoms with van der Waals surface area (Å²) in [6.45, 7) is 7.25. The molecular formula is C22H26FN3O2. The van der Waals surface area contributed by atoms with Crippen LogP contribution in [0.4, 0.5) is 4.39 Å². The zero-order valence-electron chi connectivity index (χ0n) is 16.6. The molecule has 0 N–H and O–H groups in total. The van der Waals surface area contributed by atoms with Crippen LogP contribution in [-0.4, -0.2) is 45.7 Å². The van der Waals surface area contributed by atoms with Gasteiger partial charge in [-0.1, -0.05) is 26.0 Å². The number of pyridine rings is 1. The molecule has 2 amide bonds. The molecule has 6 heteroatoms. The van der Waals surface area contributed by atoms with Gasteiger partial charge in [0.25, 0.3) is 5.91 Å². The Hall–Kier alpha value is -2.76. The van der Waals surface area contributed by atoms with Crippen LogP contribution in [0.15, 0.2) is 42.6 Å². The van der Waals surface area contributed by atoms with Crippen LogP contribution in [0.2, 0.25) is 0 Å². The van der Waals surface area contributed by atoms with Gasteiger partial charge in [-0.2, -0.15) is 0 Å². The summed E-state index contributed by atoms with van der Waals surface area (Å²) in [5.41, 5.74) is 2.27. The SMILES string of the molecule is Cc1ccc(C(=O)N2CCC(=O)N(Cc3ccc(F)cc3)[C@H](C(C)C)C2)cn1. The van der Waals surface area contributed by atoms with Crippen molar-refractivity contribution in [2.24, 2.45) is 5.92 Å². The number of nitrogens with zero attached hydrogens (tertiary/aromatic N) is 3. The standard InChI is InChI=1S/C22H26FN3O2/c1-15(2)20-14-25(22(28)18-7-4-16(3)24-12-18)11-10-21(27)26(20)13-17-5-8-19(23)9-6-17/h4-9,12,15,20H,10-11,13-14H2,1-3H3/t20-/m0/s1. The van der Waals surface area contributed by atoms with E-state index in [9.17, 15) is 14.0 Å². The van der Waals surface area contributed by atoms with Gasteiger partial charge in [0.1, 0.15) is 5.82 Å². The molecule has 0 unspecified atom stereocenters. The molecule has 2 heterocycles. The smallest absolute Gasteiger partial charge is 0.255 e. The summed E-state index contributed by atoms with van der Waals surface area (Å²) in [5, 5.41) is 0. The maximum atomic E-state index is 13.2. The molecular weight excluding hydrogens is 357 g/mol. The molecule has 0 bridgehead atoms. The van der Waals surface area contributed by atoms with Crippen molar-refractivity contribution in [3.8, 4) is 0 Å². The number of carbonyl (C=O) groups excluding carboxylic acids is 2. The second-order valence-corrected chi connectivity index (χ2v) is 7.65. The number of carbonyl (C=O) groups is 2. The molecule has 1 aliphatic rings. The first-order valence-electron chi connectivity index (χ1n) is 9.61. The van der Waals surface area contributed by atoms with E-state index in [-0.39, 0.29) is 36.0 Å². The average Bonchev–Trinajstić information content (AvgIpc) is 2.83. The molecule has 1 aromatic heterocycles. The van der Waals surface area contributed by atoms with Gasteiger partial charge in [-0.3, -0.25) is 14.6 Å². The first kappa shape index (κ1) is 20.0. The number of hydrogen-bond acceptors (Lipinski definition) is 3. The van der Waals surface area contributed by atoms with Gasteiger partial charge in [0.05, 0.1) is 11.6 Å². The van der Waals surface area contributed by atoms with Crippen LogP contribution in [0.25, 0.3) is 0 Å². The van der Waals surface area contributed by atoms with Gasteiger partial charge in [0.2, 0.25) is 5.91 Å². The maximum absolute atomic E-state index is 13.2. The molecule has 148 valence electrons. The molecule has 0 aliphatic carbocycles. The lowest BCUT2D eigenvalue weighted by Crippen LogP contribution is -2.47. The van der Waals surface area contributed by atoms with Crippen molar-refractivity contribution in [3.05, 3.63) is 65.2 Å². The van der Waals surface area contributed by atoms with Crippen molar-refractivity contribution in [1.82, 2.24) is 14.8 Å². The summed E-state index contributed by atoms with van der Waals surface area (Å²) < 4.78 is 13.2. The van der Waals surface area contributed by atoms with E-state index in [1.807, 2.05) is 17.9 Å². The Morgan fingerprint density at radius 1 is 1.21 bits per heavy atom. The highest BCUT2D eigenvalue weighted by Gasteiger charge is 2.33. The van der Waals surface area contributed by atoms with Crippen LogP contribution >= 0.6 is 0 Å². The Kier molecular flexibility index (Phi) is 6.07. The van der Waals surface area contributed by atoms with E-state index >= 15 is 0 Å². The van der Waals surface area contributed by atoms with Crippen LogP contribution in [0.5, 0.6) is 0 Å². The van der Waals surface area contributed by atoms with E-state index < -0.39 is 0 Å². The fourth-order valence-electron chi connectivity index (χ4n) is 3.50. The molecule has 0 radical (unpaired) electrons. The first-order valence-corrected chi connectivity index (χ1v) is 9.61. The zero-order chi connectivity index (χ0) is 20.3. The summed E-state index contributed by atoms with van der Waals surface area (Å²) in [6, 6.07) is 9.69. The Morgan fingerprint density at radius 3 is 2.54 bits per heavy atom. The highest BCUT2D eigenvalue weighted by Crippen LogP contribution is 2.22. The number of benzene rings is 1. The number of aryl methyl sites for hydroxylation is 1. The lowest BCUT2D eigenvalue weighted by molar-refractivity contribution is -0.134. The number of amides is 2. The second kappa shape index (κ2) is 8.50. The monoisotopic (exact) mass is 383 g/mol. The zero-order valence-corrected chi connectivity index (χ0v) is 16.6. The summed E-state index contributed by atoms with van der Waals surface area (Å²) >= 11 is 0. The van der Waals surface area contributed by atoms with Crippen LogP contribution in [0.3, 0.4) is 0 Å². The Labute approximate surface area is 165 Å². The number of aromatic nitrogens is 1. The minimum Gasteiger partial charge on any atom is -0.336 e. The molecule has 5 nitrogen and oxygen atoms in total. The van der Waals surface area contributed by atoms with Crippen LogP contribution in [-0.2, 0) is 11.3 Å². The van der Waals surface area contributed by atoms with Crippen LogP contribution in [0, 0.1) is 18.7 Å². The van der Waals surface area contributed by atoms with Crippen molar-refractivity contribution >= 4 is 11.8 Å². The fraction of sp³-hybridized carbons (Fsp3) is 0.409. The third-order valence-electron chi connectivity index (χ3n) is 5.20. The van der Waals surface area contributed by atoms with Crippen molar-refractivity contribution in [3.63, 3.8) is 0 Å². The van der Waals surface area contributed by atoms with E-state index in [0.29, 0.717) is 25.2 Å². The summed E-state index contributed by atoms with van der Waals surface area (Å²) in [5.74, 6) is -0.210. The van der Waals surface area contributed by atoms with E-state index in [0.717, 1.165) is 11.3 Å².